The smallest absolute Gasteiger partial charge is 0.0510 e. The Morgan fingerprint density at radius 1 is 1.29 bits per heavy atom. The zero-order valence-corrected chi connectivity index (χ0v) is 15.2. The van der Waals surface area contributed by atoms with Gasteiger partial charge in [0.1, 0.15) is 0 Å². The molecule has 0 saturated carbocycles. The highest BCUT2D eigenvalue weighted by atomic mass is 79.9. The molecule has 0 bridgehead atoms. The van der Waals surface area contributed by atoms with Crippen molar-refractivity contribution >= 4 is 21.6 Å². The first kappa shape index (κ1) is 16.8. The molecule has 1 aromatic rings. The molecular weight excluding hydrogens is 324 g/mol. The SMILES string of the molecule is CCC(N)Cc1ccc(N2CCCC(C)(C)CC2)c(Br)c1. The summed E-state index contributed by atoms with van der Waals surface area (Å²) in [6.45, 7) is 9.24. The zero-order chi connectivity index (χ0) is 15.5. The van der Waals surface area contributed by atoms with Gasteiger partial charge in [-0.15, -0.1) is 0 Å². The summed E-state index contributed by atoms with van der Waals surface area (Å²) >= 11 is 3.77. The maximum absolute atomic E-state index is 6.06. The molecular formula is C18H29BrN2. The van der Waals surface area contributed by atoms with Crippen LogP contribution >= 0.6 is 15.9 Å². The molecule has 21 heavy (non-hydrogen) atoms. The summed E-state index contributed by atoms with van der Waals surface area (Å²) in [6, 6.07) is 7.02. The van der Waals surface area contributed by atoms with E-state index < -0.39 is 0 Å². The zero-order valence-electron chi connectivity index (χ0n) is 13.7. The lowest BCUT2D eigenvalue weighted by molar-refractivity contribution is 0.325. The quantitative estimate of drug-likeness (QED) is 0.847. The molecule has 0 aliphatic carbocycles. The highest BCUT2D eigenvalue weighted by molar-refractivity contribution is 9.10. The first-order chi connectivity index (χ1) is 9.91. The number of hydrogen-bond donors (Lipinski definition) is 1. The van der Waals surface area contributed by atoms with Crippen LogP contribution in [0.25, 0.3) is 0 Å². The van der Waals surface area contributed by atoms with Gasteiger partial charge in [-0.2, -0.15) is 0 Å². The minimum Gasteiger partial charge on any atom is -0.371 e. The van der Waals surface area contributed by atoms with Gasteiger partial charge in [0.15, 0.2) is 0 Å². The van der Waals surface area contributed by atoms with Crippen LogP contribution in [-0.4, -0.2) is 19.1 Å². The fourth-order valence-corrected chi connectivity index (χ4v) is 3.72. The molecule has 1 fully saturated rings. The summed E-state index contributed by atoms with van der Waals surface area (Å²) in [7, 11) is 0. The minimum atomic E-state index is 0.265. The predicted octanol–water partition coefficient (Wildman–Crippen LogP) is 4.75. The van der Waals surface area contributed by atoms with E-state index in [0.717, 1.165) is 25.9 Å². The van der Waals surface area contributed by atoms with Gasteiger partial charge >= 0.3 is 0 Å². The molecule has 1 aromatic carbocycles. The second-order valence-corrected chi connectivity index (χ2v) is 8.02. The van der Waals surface area contributed by atoms with Crippen molar-refractivity contribution in [3.63, 3.8) is 0 Å². The van der Waals surface area contributed by atoms with E-state index in [2.05, 4.69) is 59.8 Å². The van der Waals surface area contributed by atoms with E-state index in [9.17, 15) is 0 Å². The van der Waals surface area contributed by atoms with Gasteiger partial charge in [0, 0.05) is 23.6 Å². The number of nitrogens with two attached hydrogens (primary N) is 1. The number of nitrogens with zero attached hydrogens (tertiary/aromatic N) is 1. The van der Waals surface area contributed by atoms with Gasteiger partial charge in [-0.25, -0.2) is 0 Å². The second-order valence-electron chi connectivity index (χ2n) is 7.16. The molecule has 1 aliphatic heterocycles. The van der Waals surface area contributed by atoms with Gasteiger partial charge in [0.2, 0.25) is 0 Å². The Hall–Kier alpha value is -0.540. The topological polar surface area (TPSA) is 29.3 Å². The van der Waals surface area contributed by atoms with Crippen molar-refractivity contribution in [2.75, 3.05) is 18.0 Å². The predicted molar refractivity (Wildman–Crippen MR) is 96.0 cm³/mol. The van der Waals surface area contributed by atoms with Gasteiger partial charge in [-0.05, 0) is 71.1 Å². The molecule has 2 N–H and O–H groups in total. The lowest BCUT2D eigenvalue weighted by Gasteiger charge is -2.26. The minimum absolute atomic E-state index is 0.265. The largest absolute Gasteiger partial charge is 0.371 e. The van der Waals surface area contributed by atoms with E-state index in [1.165, 1.54) is 35.0 Å². The number of hydrogen-bond acceptors (Lipinski definition) is 2. The molecule has 1 aliphatic rings. The van der Waals surface area contributed by atoms with Crippen molar-refractivity contribution in [3.05, 3.63) is 28.2 Å². The second kappa shape index (κ2) is 7.15. The fourth-order valence-electron chi connectivity index (χ4n) is 3.04. The average Bonchev–Trinajstić information content (AvgIpc) is 2.60. The van der Waals surface area contributed by atoms with Crippen LogP contribution in [-0.2, 0) is 6.42 Å². The van der Waals surface area contributed by atoms with Gasteiger partial charge in [0.25, 0.3) is 0 Å². The number of benzene rings is 1. The summed E-state index contributed by atoms with van der Waals surface area (Å²) in [4.78, 5) is 2.53. The standard InChI is InChI=1S/C18H29BrN2/c1-4-15(20)12-14-6-7-17(16(19)13-14)21-10-5-8-18(2,3)9-11-21/h6-7,13,15H,4-5,8-12,20H2,1-3H3. The molecule has 1 atom stereocenters. The van der Waals surface area contributed by atoms with E-state index in [0.29, 0.717) is 5.41 Å². The number of anilines is 1. The molecule has 2 rings (SSSR count). The van der Waals surface area contributed by atoms with Crippen molar-refractivity contribution in [2.45, 2.75) is 58.9 Å². The normalized spacial score (nSPS) is 20.1. The monoisotopic (exact) mass is 352 g/mol. The third-order valence-corrected chi connectivity index (χ3v) is 5.35. The van der Waals surface area contributed by atoms with Gasteiger partial charge in [-0.1, -0.05) is 26.8 Å². The van der Waals surface area contributed by atoms with Crippen molar-refractivity contribution < 1.29 is 0 Å². The van der Waals surface area contributed by atoms with Crippen LogP contribution in [0.4, 0.5) is 5.69 Å². The first-order valence-corrected chi connectivity index (χ1v) is 8.99. The van der Waals surface area contributed by atoms with Gasteiger partial charge < -0.3 is 10.6 Å². The molecule has 0 radical (unpaired) electrons. The molecule has 0 aromatic heterocycles. The third-order valence-electron chi connectivity index (χ3n) is 4.72. The summed E-state index contributed by atoms with van der Waals surface area (Å²) in [5, 5.41) is 0. The van der Waals surface area contributed by atoms with Crippen LogP contribution in [0.2, 0.25) is 0 Å². The maximum atomic E-state index is 6.06. The van der Waals surface area contributed by atoms with Crippen LogP contribution in [0.15, 0.2) is 22.7 Å². The van der Waals surface area contributed by atoms with Crippen molar-refractivity contribution in [3.8, 4) is 0 Å². The van der Waals surface area contributed by atoms with E-state index in [1.54, 1.807) is 0 Å². The highest BCUT2D eigenvalue weighted by Gasteiger charge is 2.23. The molecule has 0 amide bonds. The number of rotatable bonds is 4. The Labute approximate surface area is 138 Å². The molecule has 2 nitrogen and oxygen atoms in total. The Balaban J connectivity index is 2.10. The van der Waals surface area contributed by atoms with Crippen molar-refractivity contribution in [1.29, 1.82) is 0 Å². The summed E-state index contributed by atoms with van der Waals surface area (Å²) in [6.07, 6.45) is 5.86. The maximum Gasteiger partial charge on any atom is 0.0510 e. The molecule has 118 valence electrons. The molecule has 3 heteroatoms. The van der Waals surface area contributed by atoms with Gasteiger partial charge in [-0.3, -0.25) is 0 Å². The fraction of sp³-hybridized carbons (Fsp3) is 0.667. The highest BCUT2D eigenvalue weighted by Crippen LogP contribution is 2.34. The molecule has 1 heterocycles. The number of halogens is 1. The Kier molecular flexibility index (Phi) is 5.73. The Morgan fingerprint density at radius 2 is 2.05 bits per heavy atom. The van der Waals surface area contributed by atoms with Gasteiger partial charge in [0.05, 0.1) is 5.69 Å². The van der Waals surface area contributed by atoms with Crippen LogP contribution in [0.1, 0.15) is 52.0 Å². The Morgan fingerprint density at radius 3 is 2.71 bits per heavy atom. The van der Waals surface area contributed by atoms with Crippen molar-refractivity contribution in [2.24, 2.45) is 11.1 Å². The summed E-state index contributed by atoms with van der Waals surface area (Å²) in [5.74, 6) is 0. The van der Waals surface area contributed by atoms with Crippen LogP contribution in [0.3, 0.4) is 0 Å². The van der Waals surface area contributed by atoms with Crippen molar-refractivity contribution in [1.82, 2.24) is 0 Å². The first-order valence-electron chi connectivity index (χ1n) is 8.20. The van der Waals surface area contributed by atoms with Crippen LogP contribution in [0, 0.1) is 5.41 Å². The Bertz CT molecular complexity index is 470. The summed E-state index contributed by atoms with van der Waals surface area (Å²) in [5.41, 5.74) is 9.21. The van der Waals surface area contributed by atoms with E-state index in [-0.39, 0.29) is 6.04 Å². The van der Waals surface area contributed by atoms with E-state index in [1.807, 2.05) is 0 Å². The van der Waals surface area contributed by atoms with E-state index >= 15 is 0 Å². The third kappa shape index (κ3) is 4.72. The molecule has 0 spiro atoms. The average molecular weight is 353 g/mol. The molecule has 1 saturated heterocycles. The molecule has 1 unspecified atom stereocenters. The lowest BCUT2D eigenvalue weighted by atomic mass is 9.85. The summed E-state index contributed by atoms with van der Waals surface area (Å²) < 4.78 is 1.21. The lowest BCUT2D eigenvalue weighted by Crippen LogP contribution is -2.25. The van der Waals surface area contributed by atoms with Crippen LogP contribution in [0.5, 0.6) is 0 Å². The van der Waals surface area contributed by atoms with Crippen LogP contribution < -0.4 is 10.6 Å². The van der Waals surface area contributed by atoms with E-state index in [4.69, 9.17) is 5.73 Å².